The van der Waals surface area contributed by atoms with Crippen LogP contribution in [-0.2, 0) is 15.7 Å². The number of carboxylic acid groups (broad SMARTS) is 1. The summed E-state index contributed by atoms with van der Waals surface area (Å²) in [5.74, 6) is -4.08. The highest BCUT2D eigenvalue weighted by molar-refractivity contribution is 6.42. The monoisotopic (exact) mass is 514 g/mol. The van der Waals surface area contributed by atoms with Crippen LogP contribution in [0.1, 0.15) is 44.8 Å². The van der Waals surface area contributed by atoms with Gasteiger partial charge in [-0.1, -0.05) is 41.4 Å². The average Bonchev–Trinajstić information content (AvgIpc) is 3.23. The Morgan fingerprint density at radius 1 is 1.06 bits per heavy atom. The highest BCUT2D eigenvalue weighted by Gasteiger charge is 2.40. The van der Waals surface area contributed by atoms with Gasteiger partial charge < -0.3 is 14.6 Å². The molecule has 0 amide bonds. The van der Waals surface area contributed by atoms with Gasteiger partial charge in [0.15, 0.2) is 6.29 Å². The first-order chi connectivity index (χ1) is 15.3. The van der Waals surface area contributed by atoms with E-state index in [-0.39, 0.29) is 39.9 Å². The van der Waals surface area contributed by atoms with E-state index in [0.717, 1.165) is 24.3 Å². The van der Waals surface area contributed by atoms with Crippen molar-refractivity contribution in [1.82, 2.24) is 0 Å². The Morgan fingerprint density at radius 3 is 2.24 bits per heavy atom. The highest BCUT2D eigenvalue weighted by atomic mass is 35.5. The molecule has 4 nitrogen and oxygen atoms in total. The van der Waals surface area contributed by atoms with E-state index < -0.39 is 41.7 Å². The van der Waals surface area contributed by atoms with Gasteiger partial charge in [0.25, 0.3) is 0 Å². The number of alkyl halides is 6. The first-order valence-electron chi connectivity index (χ1n) is 9.20. The van der Waals surface area contributed by atoms with Crippen LogP contribution in [0.15, 0.2) is 36.4 Å². The fourth-order valence-electron chi connectivity index (χ4n) is 3.22. The molecule has 0 aromatic heterocycles. The van der Waals surface area contributed by atoms with Crippen molar-refractivity contribution >= 4 is 35.2 Å². The minimum absolute atomic E-state index is 0.0451. The number of rotatable bonds is 5. The minimum atomic E-state index is -5.01. The Kier molecular flexibility index (Phi) is 7.33. The predicted molar refractivity (Wildman–Crippen MR) is 107 cm³/mol. The van der Waals surface area contributed by atoms with Crippen molar-refractivity contribution in [1.29, 1.82) is 0 Å². The maximum Gasteiger partial charge on any atom is 0.417 e. The summed E-state index contributed by atoms with van der Waals surface area (Å²) in [5, 5.41) is 8.72. The standard InChI is InChI=1S/C21H14Cl2F6O4/c22-16-9-11(8-13(17(16)23)19-32-5-6-33-19)14(20(24,25)26)4-2-10-1-3-12(18(30)31)15(7-10)21(27,28)29/h1-4,7-9,14,19H,5-6H2,(H,30,31). The maximum absolute atomic E-state index is 13.8. The lowest BCUT2D eigenvalue weighted by Crippen LogP contribution is -2.19. The molecule has 2 aromatic carbocycles. The number of hydrogen-bond acceptors (Lipinski definition) is 3. The van der Waals surface area contributed by atoms with E-state index in [1.165, 1.54) is 0 Å². The fourth-order valence-corrected chi connectivity index (χ4v) is 3.66. The Labute approximate surface area is 193 Å². The van der Waals surface area contributed by atoms with Gasteiger partial charge in [-0.3, -0.25) is 0 Å². The molecule has 0 aliphatic carbocycles. The van der Waals surface area contributed by atoms with Crippen LogP contribution < -0.4 is 0 Å². The molecular weight excluding hydrogens is 501 g/mol. The van der Waals surface area contributed by atoms with E-state index in [9.17, 15) is 31.1 Å². The van der Waals surface area contributed by atoms with Gasteiger partial charge >= 0.3 is 18.3 Å². The van der Waals surface area contributed by atoms with Gasteiger partial charge in [0, 0.05) is 5.56 Å². The van der Waals surface area contributed by atoms with Gasteiger partial charge in [-0.2, -0.15) is 26.3 Å². The van der Waals surface area contributed by atoms with Crippen molar-refractivity contribution in [3.63, 3.8) is 0 Å². The smallest absolute Gasteiger partial charge is 0.417 e. The van der Waals surface area contributed by atoms with Crippen molar-refractivity contribution in [3.8, 4) is 0 Å². The number of carbonyl (C=O) groups is 1. The third kappa shape index (κ3) is 5.81. The SMILES string of the molecule is O=C(O)c1ccc(C=CC(c2cc(Cl)c(Cl)c(C3OCCO3)c2)C(F)(F)F)cc1C(F)(F)F. The first-order valence-corrected chi connectivity index (χ1v) is 9.96. The Morgan fingerprint density at radius 2 is 1.70 bits per heavy atom. The molecule has 3 rings (SSSR count). The second-order valence-corrected chi connectivity index (χ2v) is 7.75. The minimum Gasteiger partial charge on any atom is -0.478 e. The molecule has 178 valence electrons. The van der Waals surface area contributed by atoms with Gasteiger partial charge in [0.05, 0.1) is 40.3 Å². The van der Waals surface area contributed by atoms with Crippen LogP contribution in [0, 0.1) is 0 Å². The normalized spacial score (nSPS) is 16.5. The number of halogens is 8. The van der Waals surface area contributed by atoms with Crippen molar-refractivity contribution in [2.24, 2.45) is 0 Å². The molecule has 0 spiro atoms. The Balaban J connectivity index is 2.03. The second-order valence-electron chi connectivity index (χ2n) is 6.97. The van der Waals surface area contributed by atoms with Crippen LogP contribution in [0.2, 0.25) is 10.0 Å². The summed E-state index contributed by atoms with van der Waals surface area (Å²) >= 11 is 12.1. The first kappa shape index (κ1) is 25.4. The van der Waals surface area contributed by atoms with Crippen molar-refractivity contribution < 1.29 is 45.7 Å². The molecule has 1 fully saturated rings. The van der Waals surface area contributed by atoms with Gasteiger partial charge in [0.1, 0.15) is 0 Å². The zero-order valence-electron chi connectivity index (χ0n) is 16.3. The van der Waals surface area contributed by atoms with Crippen molar-refractivity contribution in [2.45, 2.75) is 24.6 Å². The number of carboxylic acids is 1. The Hall–Kier alpha value is -2.27. The lowest BCUT2D eigenvalue weighted by molar-refractivity contribution is -0.140. The van der Waals surface area contributed by atoms with Gasteiger partial charge in [-0.15, -0.1) is 0 Å². The fraction of sp³-hybridized carbons (Fsp3) is 0.286. The lowest BCUT2D eigenvalue weighted by atomic mass is 9.94. The summed E-state index contributed by atoms with van der Waals surface area (Å²) in [5.41, 5.74) is -3.01. The van der Waals surface area contributed by atoms with Crippen LogP contribution in [0.3, 0.4) is 0 Å². The zero-order chi connectivity index (χ0) is 24.6. The van der Waals surface area contributed by atoms with E-state index in [0.29, 0.717) is 18.2 Å². The quantitative estimate of drug-likeness (QED) is 0.431. The van der Waals surface area contributed by atoms with Crippen molar-refractivity contribution in [2.75, 3.05) is 13.2 Å². The lowest BCUT2D eigenvalue weighted by Gasteiger charge is -2.21. The molecular formula is C21H14Cl2F6O4. The van der Waals surface area contributed by atoms with E-state index in [1.807, 2.05) is 0 Å². The molecule has 0 saturated carbocycles. The molecule has 12 heteroatoms. The maximum atomic E-state index is 13.8. The number of allylic oxidation sites excluding steroid dienone is 1. The van der Waals surface area contributed by atoms with E-state index in [4.69, 9.17) is 37.8 Å². The summed E-state index contributed by atoms with van der Waals surface area (Å²) in [6.07, 6.45) is -9.39. The molecule has 1 N–H and O–H groups in total. The predicted octanol–water partition coefficient (Wildman–Crippen LogP) is 7.12. The molecule has 33 heavy (non-hydrogen) atoms. The molecule has 1 heterocycles. The molecule has 1 unspecified atom stereocenters. The van der Waals surface area contributed by atoms with Crippen LogP contribution >= 0.6 is 23.2 Å². The Bertz CT molecular complexity index is 1080. The number of benzene rings is 2. The highest BCUT2D eigenvalue weighted by Crippen LogP contribution is 2.42. The summed E-state index contributed by atoms with van der Waals surface area (Å²) < 4.78 is 91.7. The molecule has 1 aliphatic heterocycles. The topological polar surface area (TPSA) is 55.8 Å². The summed E-state index contributed by atoms with van der Waals surface area (Å²) in [6.45, 7) is 0.415. The molecule has 1 atom stereocenters. The van der Waals surface area contributed by atoms with Crippen LogP contribution in [-0.4, -0.2) is 30.5 Å². The largest absolute Gasteiger partial charge is 0.478 e. The van der Waals surface area contributed by atoms with Crippen molar-refractivity contribution in [3.05, 3.63) is 74.3 Å². The second kappa shape index (κ2) is 9.54. The van der Waals surface area contributed by atoms with E-state index in [1.54, 1.807) is 0 Å². The van der Waals surface area contributed by atoms with Crippen LogP contribution in [0.5, 0.6) is 0 Å². The third-order valence-electron chi connectivity index (χ3n) is 4.73. The van der Waals surface area contributed by atoms with Gasteiger partial charge in [0.2, 0.25) is 0 Å². The van der Waals surface area contributed by atoms with E-state index in [2.05, 4.69) is 0 Å². The molecule has 0 radical (unpaired) electrons. The zero-order valence-corrected chi connectivity index (χ0v) is 17.8. The number of ether oxygens (including phenoxy) is 2. The van der Waals surface area contributed by atoms with Crippen LogP contribution in [0.4, 0.5) is 26.3 Å². The number of aromatic carboxylic acids is 1. The summed E-state index contributed by atoms with van der Waals surface area (Å²) in [4.78, 5) is 11.1. The summed E-state index contributed by atoms with van der Waals surface area (Å²) in [7, 11) is 0. The summed E-state index contributed by atoms with van der Waals surface area (Å²) in [6, 6.07) is 4.23. The molecule has 1 saturated heterocycles. The molecule has 2 aromatic rings. The number of hydrogen-bond donors (Lipinski definition) is 1. The van der Waals surface area contributed by atoms with Gasteiger partial charge in [-0.05, 0) is 35.4 Å². The van der Waals surface area contributed by atoms with Crippen LogP contribution in [0.25, 0.3) is 6.08 Å². The molecule has 1 aliphatic rings. The third-order valence-corrected chi connectivity index (χ3v) is 5.54. The molecule has 0 bridgehead atoms. The van der Waals surface area contributed by atoms with E-state index >= 15 is 0 Å². The van der Waals surface area contributed by atoms with Gasteiger partial charge in [-0.25, -0.2) is 4.79 Å². The average molecular weight is 515 g/mol.